The first-order valence-electron chi connectivity index (χ1n) is 11.1. The van der Waals surface area contributed by atoms with Gasteiger partial charge in [-0.05, 0) is 51.5 Å². The van der Waals surface area contributed by atoms with Crippen molar-refractivity contribution in [3.63, 3.8) is 0 Å². The minimum absolute atomic E-state index is 0.104. The average molecular weight is 531 g/mol. The van der Waals surface area contributed by atoms with Gasteiger partial charge in [0.2, 0.25) is 0 Å². The lowest BCUT2D eigenvalue weighted by Gasteiger charge is -2.26. The zero-order chi connectivity index (χ0) is 25.3. The molecule has 0 aliphatic carbocycles. The van der Waals surface area contributed by atoms with Crippen molar-refractivity contribution in [1.82, 2.24) is 4.57 Å². The monoisotopic (exact) mass is 530 g/mol. The number of nitrogens with zero attached hydrogens (tertiary/aromatic N) is 2. The van der Waals surface area contributed by atoms with Crippen LogP contribution in [0.5, 0.6) is 5.75 Å². The summed E-state index contributed by atoms with van der Waals surface area (Å²) in [5, 5.41) is 0.752. The number of ether oxygens (including phenoxy) is 2. The molecule has 2 heterocycles. The predicted molar refractivity (Wildman–Crippen MR) is 139 cm³/mol. The summed E-state index contributed by atoms with van der Waals surface area (Å²) in [6.45, 7) is 7.53. The van der Waals surface area contributed by atoms with E-state index < -0.39 is 12.0 Å². The van der Waals surface area contributed by atoms with Crippen LogP contribution in [0.15, 0.2) is 63.5 Å². The standard InChI is InChI=1S/C26H24Cl2N2O4S/c1-5-33-25(32)21-15(4)29-26-30(23(21)17-10-6-7-12-19(17)34-14(2)3)24(31)20(35-26)13-16-9-8-11-18(27)22(16)28/h6-14,23H,5H2,1-4H3/b20-13-/t23-/m1/s1. The van der Waals surface area contributed by atoms with Crippen molar-refractivity contribution in [3.8, 4) is 5.75 Å². The molecule has 182 valence electrons. The van der Waals surface area contributed by atoms with E-state index in [4.69, 9.17) is 32.7 Å². The number of fused-ring (bicyclic) bond motifs is 1. The molecule has 0 N–H and O–H groups in total. The van der Waals surface area contributed by atoms with Crippen molar-refractivity contribution in [2.45, 2.75) is 39.8 Å². The molecule has 0 fully saturated rings. The van der Waals surface area contributed by atoms with Crippen molar-refractivity contribution in [1.29, 1.82) is 0 Å². The van der Waals surface area contributed by atoms with Gasteiger partial charge in [-0.2, -0.15) is 0 Å². The molecule has 0 saturated carbocycles. The molecular formula is C26H24Cl2N2O4S. The van der Waals surface area contributed by atoms with Crippen molar-refractivity contribution in [2.24, 2.45) is 4.99 Å². The second kappa shape index (κ2) is 10.4. The third-order valence-electron chi connectivity index (χ3n) is 5.36. The second-order valence-corrected chi connectivity index (χ2v) is 9.94. The van der Waals surface area contributed by atoms with Crippen LogP contribution in [-0.4, -0.2) is 23.2 Å². The third kappa shape index (κ3) is 4.94. The molecule has 3 aromatic rings. The lowest BCUT2D eigenvalue weighted by atomic mass is 9.95. The first kappa shape index (κ1) is 25.2. The Morgan fingerprint density at radius 2 is 1.94 bits per heavy atom. The molecule has 4 rings (SSSR count). The van der Waals surface area contributed by atoms with Crippen molar-refractivity contribution < 1.29 is 14.3 Å². The molecular weight excluding hydrogens is 507 g/mol. The van der Waals surface area contributed by atoms with Crippen LogP contribution in [0.1, 0.15) is 44.9 Å². The van der Waals surface area contributed by atoms with E-state index in [1.807, 2.05) is 38.1 Å². The summed E-state index contributed by atoms with van der Waals surface area (Å²) in [6.07, 6.45) is 1.59. The van der Waals surface area contributed by atoms with Gasteiger partial charge in [-0.1, -0.05) is 64.9 Å². The maximum absolute atomic E-state index is 13.8. The minimum atomic E-state index is -0.766. The van der Waals surface area contributed by atoms with E-state index in [-0.39, 0.29) is 18.3 Å². The van der Waals surface area contributed by atoms with E-state index in [9.17, 15) is 9.59 Å². The summed E-state index contributed by atoms with van der Waals surface area (Å²) in [6, 6.07) is 11.9. The molecule has 1 aliphatic heterocycles. The number of allylic oxidation sites excluding steroid dienone is 1. The molecule has 6 nitrogen and oxygen atoms in total. The number of hydrogen-bond donors (Lipinski definition) is 0. The highest BCUT2D eigenvalue weighted by Crippen LogP contribution is 2.36. The highest BCUT2D eigenvalue weighted by molar-refractivity contribution is 7.07. The summed E-state index contributed by atoms with van der Waals surface area (Å²) in [7, 11) is 0. The first-order valence-corrected chi connectivity index (χ1v) is 12.7. The predicted octanol–water partition coefficient (Wildman–Crippen LogP) is 4.89. The van der Waals surface area contributed by atoms with Gasteiger partial charge in [0.25, 0.3) is 5.56 Å². The Morgan fingerprint density at radius 3 is 2.66 bits per heavy atom. The zero-order valence-electron chi connectivity index (χ0n) is 19.7. The third-order valence-corrected chi connectivity index (χ3v) is 7.18. The number of benzene rings is 2. The number of carbonyl (C=O) groups is 1. The zero-order valence-corrected chi connectivity index (χ0v) is 22.0. The van der Waals surface area contributed by atoms with Crippen molar-refractivity contribution >= 4 is 46.6 Å². The molecule has 0 spiro atoms. The number of rotatable bonds is 6. The lowest BCUT2D eigenvalue weighted by Crippen LogP contribution is -2.40. The lowest BCUT2D eigenvalue weighted by molar-refractivity contribution is -0.139. The normalized spacial score (nSPS) is 15.7. The van der Waals surface area contributed by atoms with E-state index in [1.165, 1.54) is 15.9 Å². The Hall–Kier alpha value is -2.87. The molecule has 1 aromatic heterocycles. The Balaban J connectivity index is 2.00. The summed E-state index contributed by atoms with van der Waals surface area (Å²) in [5.41, 5.74) is 1.77. The van der Waals surface area contributed by atoms with E-state index in [0.29, 0.717) is 47.5 Å². The van der Waals surface area contributed by atoms with Gasteiger partial charge in [-0.15, -0.1) is 0 Å². The highest BCUT2D eigenvalue weighted by atomic mass is 35.5. The van der Waals surface area contributed by atoms with Crippen molar-refractivity contribution in [2.75, 3.05) is 6.61 Å². The van der Waals surface area contributed by atoms with Crippen LogP contribution in [0.25, 0.3) is 6.08 Å². The Morgan fingerprint density at radius 1 is 1.20 bits per heavy atom. The van der Waals surface area contributed by atoms with E-state index in [1.54, 1.807) is 38.1 Å². The topological polar surface area (TPSA) is 69.9 Å². The fourth-order valence-electron chi connectivity index (χ4n) is 3.93. The Labute approximate surface area is 216 Å². The fraction of sp³-hybridized carbons (Fsp3) is 0.269. The molecule has 35 heavy (non-hydrogen) atoms. The SMILES string of the molecule is CCOC(=O)C1=C(C)N=c2s/c(=C\c3cccc(Cl)c3Cl)c(=O)n2[C@@H]1c1ccccc1OC(C)C. The molecule has 1 aliphatic rings. The van der Waals surface area contributed by atoms with E-state index in [2.05, 4.69) is 4.99 Å². The maximum Gasteiger partial charge on any atom is 0.338 e. The molecule has 0 saturated heterocycles. The van der Waals surface area contributed by atoms with Crippen LogP contribution < -0.4 is 19.6 Å². The molecule has 0 unspecified atom stereocenters. The molecule has 2 aromatic carbocycles. The number of halogens is 2. The van der Waals surface area contributed by atoms with Crippen LogP contribution >= 0.6 is 34.5 Å². The van der Waals surface area contributed by atoms with Gasteiger partial charge in [0.05, 0.1) is 38.6 Å². The molecule has 0 bridgehead atoms. The van der Waals surface area contributed by atoms with Crippen LogP contribution in [-0.2, 0) is 9.53 Å². The number of esters is 1. The van der Waals surface area contributed by atoms with Gasteiger partial charge in [-0.25, -0.2) is 9.79 Å². The van der Waals surface area contributed by atoms with Gasteiger partial charge in [0.15, 0.2) is 4.80 Å². The fourth-order valence-corrected chi connectivity index (χ4v) is 5.33. The number of para-hydroxylation sites is 1. The van der Waals surface area contributed by atoms with Crippen LogP contribution in [0.2, 0.25) is 10.0 Å². The summed E-state index contributed by atoms with van der Waals surface area (Å²) < 4.78 is 13.4. The molecule has 9 heteroatoms. The number of aromatic nitrogens is 1. The second-order valence-electron chi connectivity index (χ2n) is 8.15. The summed E-state index contributed by atoms with van der Waals surface area (Å²) >= 11 is 13.7. The number of hydrogen-bond acceptors (Lipinski definition) is 6. The summed E-state index contributed by atoms with van der Waals surface area (Å²) in [4.78, 5) is 31.9. The number of carbonyl (C=O) groups excluding carboxylic acids is 1. The van der Waals surface area contributed by atoms with Crippen molar-refractivity contribution in [3.05, 3.63) is 94.6 Å². The van der Waals surface area contributed by atoms with E-state index >= 15 is 0 Å². The van der Waals surface area contributed by atoms with Gasteiger partial charge in [0, 0.05) is 5.56 Å². The largest absolute Gasteiger partial charge is 0.491 e. The van der Waals surface area contributed by atoms with Gasteiger partial charge in [0.1, 0.15) is 11.8 Å². The van der Waals surface area contributed by atoms with Crippen LogP contribution in [0.3, 0.4) is 0 Å². The first-order chi connectivity index (χ1) is 16.7. The van der Waals surface area contributed by atoms with Gasteiger partial charge >= 0.3 is 5.97 Å². The molecule has 0 radical (unpaired) electrons. The minimum Gasteiger partial charge on any atom is -0.491 e. The highest BCUT2D eigenvalue weighted by Gasteiger charge is 2.35. The van der Waals surface area contributed by atoms with Gasteiger partial charge < -0.3 is 9.47 Å². The van der Waals surface area contributed by atoms with E-state index in [0.717, 1.165) is 0 Å². The van der Waals surface area contributed by atoms with Gasteiger partial charge in [-0.3, -0.25) is 9.36 Å². The van der Waals surface area contributed by atoms with Crippen LogP contribution in [0, 0.1) is 0 Å². The summed E-state index contributed by atoms with van der Waals surface area (Å²) in [5.74, 6) is 0.0572. The quantitative estimate of drug-likeness (QED) is 0.425. The average Bonchev–Trinajstić information content (AvgIpc) is 3.10. The Kier molecular flexibility index (Phi) is 7.50. The molecule has 1 atom stereocenters. The Bertz CT molecular complexity index is 1500. The number of thiazole rings is 1. The molecule has 0 amide bonds. The van der Waals surface area contributed by atoms with Crippen LogP contribution in [0.4, 0.5) is 0 Å². The maximum atomic E-state index is 13.8. The smallest absolute Gasteiger partial charge is 0.338 e.